The summed E-state index contributed by atoms with van der Waals surface area (Å²) in [6.07, 6.45) is 4.75. The molecule has 1 aliphatic rings. The number of hydrogen-bond acceptors (Lipinski definition) is 6. The summed E-state index contributed by atoms with van der Waals surface area (Å²) in [4.78, 5) is 5.55. The van der Waals surface area contributed by atoms with E-state index in [9.17, 15) is 0 Å². The fraction of sp³-hybridized carbons (Fsp3) is 0.545. The Kier molecular flexibility index (Phi) is 3.57. The molecule has 7 heteroatoms. The topological polar surface area (TPSA) is 73.8 Å². The van der Waals surface area contributed by atoms with E-state index in [1.54, 1.807) is 11.3 Å². The molecule has 0 spiro atoms. The van der Waals surface area contributed by atoms with Crippen molar-refractivity contribution >= 4 is 16.3 Å². The molecule has 2 unspecified atom stereocenters. The van der Waals surface area contributed by atoms with Crippen LogP contribution >= 0.6 is 11.3 Å². The van der Waals surface area contributed by atoms with Gasteiger partial charge in [0, 0.05) is 24.2 Å². The highest BCUT2D eigenvalue weighted by atomic mass is 32.1. The number of nitrogens with zero attached hydrogens (tertiary/aromatic N) is 2. The van der Waals surface area contributed by atoms with E-state index in [0.717, 1.165) is 17.1 Å². The van der Waals surface area contributed by atoms with Crippen LogP contribution in [0, 0.1) is 0 Å². The van der Waals surface area contributed by atoms with Gasteiger partial charge in [-0.1, -0.05) is 0 Å². The Labute approximate surface area is 109 Å². The number of imidazole rings is 1. The van der Waals surface area contributed by atoms with E-state index in [-0.39, 0.29) is 12.1 Å². The van der Waals surface area contributed by atoms with Crippen molar-refractivity contribution in [2.24, 2.45) is 5.84 Å². The summed E-state index contributed by atoms with van der Waals surface area (Å²) in [7, 11) is 0. The second kappa shape index (κ2) is 5.33. The van der Waals surface area contributed by atoms with E-state index in [2.05, 4.69) is 10.4 Å². The molecule has 3 heterocycles. The average molecular weight is 268 g/mol. The van der Waals surface area contributed by atoms with Gasteiger partial charge in [0.05, 0.1) is 37.7 Å². The highest BCUT2D eigenvalue weighted by Gasteiger charge is 2.25. The Bertz CT molecular complexity index is 477. The smallest absolute Gasteiger partial charge is 0.193 e. The molecule has 98 valence electrons. The third-order valence-corrected chi connectivity index (χ3v) is 3.85. The molecule has 0 saturated carbocycles. The highest BCUT2D eigenvalue weighted by molar-refractivity contribution is 7.15. The SMILES string of the molecule is NNC(Cc1cn2ccsc2n1)C1COCCO1. The number of aromatic nitrogens is 2. The van der Waals surface area contributed by atoms with Crippen LogP contribution in [-0.4, -0.2) is 41.4 Å². The number of thiazole rings is 1. The largest absolute Gasteiger partial charge is 0.376 e. The summed E-state index contributed by atoms with van der Waals surface area (Å²) in [5.41, 5.74) is 3.82. The summed E-state index contributed by atoms with van der Waals surface area (Å²) in [6, 6.07) is 0.0231. The molecular formula is C11H16N4O2S. The van der Waals surface area contributed by atoms with E-state index in [4.69, 9.17) is 15.3 Å². The Morgan fingerprint density at radius 2 is 2.56 bits per heavy atom. The average Bonchev–Trinajstić information content (AvgIpc) is 2.97. The van der Waals surface area contributed by atoms with E-state index >= 15 is 0 Å². The first kappa shape index (κ1) is 12.1. The third kappa shape index (κ3) is 2.40. The van der Waals surface area contributed by atoms with Crippen molar-refractivity contribution in [2.75, 3.05) is 19.8 Å². The fourth-order valence-electron chi connectivity index (χ4n) is 2.14. The van der Waals surface area contributed by atoms with Gasteiger partial charge >= 0.3 is 0 Å². The summed E-state index contributed by atoms with van der Waals surface area (Å²) in [5, 5.41) is 2.02. The van der Waals surface area contributed by atoms with Crippen molar-refractivity contribution in [3.8, 4) is 0 Å². The van der Waals surface area contributed by atoms with Crippen LogP contribution in [0.1, 0.15) is 5.69 Å². The molecule has 2 aromatic heterocycles. The summed E-state index contributed by atoms with van der Waals surface area (Å²) in [5.74, 6) is 5.60. The lowest BCUT2D eigenvalue weighted by atomic mass is 10.1. The zero-order chi connectivity index (χ0) is 12.4. The lowest BCUT2D eigenvalue weighted by Gasteiger charge is -2.29. The van der Waals surface area contributed by atoms with Crippen LogP contribution in [0.25, 0.3) is 4.96 Å². The molecule has 6 nitrogen and oxygen atoms in total. The minimum absolute atomic E-state index is 0.0107. The maximum absolute atomic E-state index is 5.66. The van der Waals surface area contributed by atoms with Crippen LogP contribution in [0.15, 0.2) is 17.8 Å². The van der Waals surface area contributed by atoms with Crippen LogP contribution in [-0.2, 0) is 15.9 Å². The van der Waals surface area contributed by atoms with E-state index < -0.39 is 0 Å². The second-order valence-corrected chi connectivity index (χ2v) is 5.16. The van der Waals surface area contributed by atoms with Gasteiger partial charge in [0.2, 0.25) is 0 Å². The number of rotatable bonds is 4. The van der Waals surface area contributed by atoms with Gasteiger partial charge in [0.25, 0.3) is 0 Å². The highest BCUT2D eigenvalue weighted by Crippen LogP contribution is 2.15. The monoisotopic (exact) mass is 268 g/mol. The first-order valence-corrected chi connectivity index (χ1v) is 6.81. The number of hydrogen-bond donors (Lipinski definition) is 2. The maximum atomic E-state index is 5.66. The Balaban J connectivity index is 1.70. The van der Waals surface area contributed by atoms with Crippen molar-refractivity contribution in [3.63, 3.8) is 0 Å². The van der Waals surface area contributed by atoms with E-state index in [1.807, 2.05) is 22.2 Å². The van der Waals surface area contributed by atoms with Crippen LogP contribution in [0.5, 0.6) is 0 Å². The Morgan fingerprint density at radius 1 is 1.61 bits per heavy atom. The predicted molar refractivity (Wildman–Crippen MR) is 68.4 cm³/mol. The molecule has 0 aromatic carbocycles. The number of nitrogens with two attached hydrogens (primary N) is 1. The van der Waals surface area contributed by atoms with Crippen LogP contribution in [0.4, 0.5) is 0 Å². The van der Waals surface area contributed by atoms with Gasteiger partial charge in [0.1, 0.15) is 0 Å². The van der Waals surface area contributed by atoms with Gasteiger partial charge in [-0.25, -0.2) is 4.98 Å². The molecule has 1 fully saturated rings. The van der Waals surface area contributed by atoms with Gasteiger partial charge in [0.15, 0.2) is 4.96 Å². The zero-order valence-corrected chi connectivity index (χ0v) is 10.7. The van der Waals surface area contributed by atoms with Gasteiger partial charge in [-0.15, -0.1) is 11.3 Å². The van der Waals surface area contributed by atoms with Crippen molar-refractivity contribution in [3.05, 3.63) is 23.5 Å². The lowest BCUT2D eigenvalue weighted by molar-refractivity contribution is -0.101. The molecule has 3 rings (SSSR count). The predicted octanol–water partition coefficient (Wildman–Crippen LogP) is 0.186. The lowest BCUT2D eigenvalue weighted by Crippen LogP contribution is -2.50. The van der Waals surface area contributed by atoms with E-state index in [0.29, 0.717) is 19.8 Å². The quantitative estimate of drug-likeness (QED) is 0.611. The maximum Gasteiger partial charge on any atom is 0.193 e. The van der Waals surface area contributed by atoms with Gasteiger partial charge in [-0.05, 0) is 0 Å². The summed E-state index contributed by atoms with van der Waals surface area (Å²) in [6.45, 7) is 1.87. The molecule has 2 atom stereocenters. The summed E-state index contributed by atoms with van der Waals surface area (Å²) < 4.78 is 13.1. The van der Waals surface area contributed by atoms with Crippen molar-refractivity contribution in [1.29, 1.82) is 0 Å². The van der Waals surface area contributed by atoms with Crippen LogP contribution < -0.4 is 11.3 Å². The molecule has 3 N–H and O–H groups in total. The summed E-state index contributed by atoms with van der Waals surface area (Å²) >= 11 is 1.62. The van der Waals surface area contributed by atoms with E-state index in [1.165, 1.54) is 0 Å². The Hall–Kier alpha value is -0.990. The third-order valence-electron chi connectivity index (χ3n) is 3.08. The molecular weight excluding hydrogens is 252 g/mol. The number of fused-ring (bicyclic) bond motifs is 1. The van der Waals surface area contributed by atoms with Crippen molar-refractivity contribution in [2.45, 2.75) is 18.6 Å². The molecule has 0 aliphatic carbocycles. The van der Waals surface area contributed by atoms with Gasteiger partial charge in [-0.2, -0.15) is 0 Å². The van der Waals surface area contributed by atoms with Crippen molar-refractivity contribution < 1.29 is 9.47 Å². The zero-order valence-electron chi connectivity index (χ0n) is 9.91. The van der Waals surface area contributed by atoms with Crippen LogP contribution in [0.2, 0.25) is 0 Å². The van der Waals surface area contributed by atoms with Crippen LogP contribution in [0.3, 0.4) is 0 Å². The molecule has 18 heavy (non-hydrogen) atoms. The first-order chi connectivity index (χ1) is 8.86. The molecule has 0 bridgehead atoms. The molecule has 2 aromatic rings. The Morgan fingerprint density at radius 3 is 3.28 bits per heavy atom. The molecule has 0 radical (unpaired) electrons. The fourth-order valence-corrected chi connectivity index (χ4v) is 2.85. The molecule has 1 aliphatic heterocycles. The molecule has 1 saturated heterocycles. The van der Waals surface area contributed by atoms with Gasteiger partial charge < -0.3 is 9.47 Å². The van der Waals surface area contributed by atoms with Crippen molar-refractivity contribution in [1.82, 2.24) is 14.8 Å². The first-order valence-electron chi connectivity index (χ1n) is 5.93. The minimum atomic E-state index is -0.0107. The number of nitrogens with one attached hydrogen (secondary N) is 1. The standard InChI is InChI=1S/C11H16N4O2S/c12-14-9(10-7-16-2-3-17-10)5-8-6-15-1-4-18-11(15)13-8/h1,4,6,9-10,14H,2-3,5,7,12H2. The molecule has 0 amide bonds. The number of hydrazine groups is 1. The normalized spacial score (nSPS) is 22.4. The second-order valence-electron chi connectivity index (χ2n) is 4.29. The minimum Gasteiger partial charge on any atom is -0.376 e. The number of ether oxygens (including phenoxy) is 2. The van der Waals surface area contributed by atoms with Gasteiger partial charge in [-0.3, -0.25) is 15.7 Å².